The van der Waals surface area contributed by atoms with Gasteiger partial charge in [0.1, 0.15) is 11.0 Å². The third-order valence-corrected chi connectivity index (χ3v) is 3.54. The molecule has 0 aliphatic carbocycles. The predicted octanol–water partition coefficient (Wildman–Crippen LogP) is 4.09. The molecule has 1 aromatic carbocycles. The Labute approximate surface area is 120 Å². The minimum atomic E-state index is 0.447. The van der Waals surface area contributed by atoms with Crippen LogP contribution in [0.25, 0.3) is 5.65 Å². The van der Waals surface area contributed by atoms with Crippen LogP contribution in [-0.4, -0.2) is 14.6 Å². The summed E-state index contributed by atoms with van der Waals surface area (Å²) in [4.78, 5) is 4.25. The average molecular weight is 293 g/mol. The van der Waals surface area contributed by atoms with E-state index < -0.39 is 0 Å². The molecule has 0 amide bonds. The molecule has 0 bridgehead atoms. The van der Waals surface area contributed by atoms with Gasteiger partial charge >= 0.3 is 0 Å². The molecule has 2 heterocycles. The molecule has 0 saturated heterocycles. The fraction of sp³-hybridized carbons (Fsp3) is 0.0769. The lowest BCUT2D eigenvalue weighted by Crippen LogP contribution is -2.04. The average Bonchev–Trinajstić information content (AvgIpc) is 2.85. The van der Waals surface area contributed by atoms with Crippen molar-refractivity contribution in [1.29, 1.82) is 0 Å². The number of benzene rings is 1. The summed E-state index contributed by atoms with van der Waals surface area (Å²) >= 11 is 12.3. The van der Waals surface area contributed by atoms with Gasteiger partial charge in [0.2, 0.25) is 0 Å². The van der Waals surface area contributed by atoms with Crippen molar-refractivity contribution in [2.45, 2.75) is 6.92 Å². The molecule has 0 spiro atoms. The first kappa shape index (κ1) is 12.3. The van der Waals surface area contributed by atoms with E-state index in [1.807, 2.05) is 31.2 Å². The number of para-hydroxylation sites is 1. The summed E-state index contributed by atoms with van der Waals surface area (Å²) in [6.07, 6.45) is 1.68. The van der Waals surface area contributed by atoms with Crippen LogP contribution < -0.4 is 5.32 Å². The molecular weight excluding hydrogens is 283 g/mol. The third kappa shape index (κ3) is 2.13. The van der Waals surface area contributed by atoms with Crippen molar-refractivity contribution in [3.8, 4) is 0 Å². The molecule has 1 N–H and O–H groups in total. The summed E-state index contributed by atoms with van der Waals surface area (Å²) in [6, 6.07) is 9.30. The maximum atomic E-state index is 6.15. The van der Waals surface area contributed by atoms with Gasteiger partial charge in [0, 0.05) is 11.6 Å². The predicted molar refractivity (Wildman–Crippen MR) is 77.5 cm³/mol. The van der Waals surface area contributed by atoms with Gasteiger partial charge in [0.15, 0.2) is 5.65 Å². The second kappa shape index (κ2) is 4.72. The topological polar surface area (TPSA) is 42.2 Å². The van der Waals surface area contributed by atoms with Crippen LogP contribution in [0, 0.1) is 6.92 Å². The second-order valence-electron chi connectivity index (χ2n) is 4.08. The summed E-state index contributed by atoms with van der Waals surface area (Å²) in [7, 11) is 0. The van der Waals surface area contributed by atoms with Gasteiger partial charge in [-0.1, -0.05) is 35.3 Å². The van der Waals surface area contributed by atoms with Crippen LogP contribution in [0.3, 0.4) is 0 Å². The van der Waals surface area contributed by atoms with Crippen LogP contribution in [0.4, 0.5) is 11.5 Å². The summed E-state index contributed by atoms with van der Waals surface area (Å²) < 4.78 is 1.70. The summed E-state index contributed by atoms with van der Waals surface area (Å²) in [5, 5.41) is 8.57. The highest BCUT2D eigenvalue weighted by Gasteiger charge is 2.12. The number of aromatic nitrogens is 3. The zero-order valence-corrected chi connectivity index (χ0v) is 11.6. The number of rotatable bonds is 2. The van der Waals surface area contributed by atoms with E-state index in [1.165, 1.54) is 0 Å². The first-order valence-corrected chi connectivity index (χ1v) is 6.44. The lowest BCUT2D eigenvalue weighted by molar-refractivity contribution is 0.937. The number of hydrogen-bond acceptors (Lipinski definition) is 3. The van der Waals surface area contributed by atoms with Crippen molar-refractivity contribution in [1.82, 2.24) is 14.6 Å². The Morgan fingerprint density at radius 2 is 1.95 bits per heavy atom. The normalized spacial score (nSPS) is 10.9. The van der Waals surface area contributed by atoms with Crippen molar-refractivity contribution in [3.05, 3.63) is 52.3 Å². The minimum absolute atomic E-state index is 0.447. The van der Waals surface area contributed by atoms with E-state index in [0.29, 0.717) is 15.8 Å². The van der Waals surface area contributed by atoms with E-state index in [0.717, 1.165) is 17.1 Å². The van der Waals surface area contributed by atoms with E-state index in [-0.39, 0.29) is 0 Å². The number of anilines is 2. The van der Waals surface area contributed by atoms with Gasteiger partial charge < -0.3 is 5.32 Å². The fourth-order valence-corrected chi connectivity index (χ4v) is 2.19. The smallest absolute Gasteiger partial charge is 0.159 e. The molecule has 6 heteroatoms. The highest BCUT2D eigenvalue weighted by atomic mass is 35.5. The second-order valence-corrected chi connectivity index (χ2v) is 4.85. The number of hydrogen-bond donors (Lipinski definition) is 1. The van der Waals surface area contributed by atoms with Gasteiger partial charge in [-0.15, -0.1) is 0 Å². The van der Waals surface area contributed by atoms with E-state index in [4.69, 9.17) is 23.2 Å². The Kier molecular flexibility index (Phi) is 3.05. The van der Waals surface area contributed by atoms with Crippen molar-refractivity contribution in [3.63, 3.8) is 0 Å². The first-order valence-electron chi connectivity index (χ1n) is 5.68. The van der Waals surface area contributed by atoms with E-state index in [2.05, 4.69) is 15.4 Å². The third-order valence-electron chi connectivity index (χ3n) is 2.84. The molecule has 0 aliphatic heterocycles. The molecule has 96 valence electrons. The largest absolute Gasteiger partial charge is 0.339 e. The molecule has 2 aromatic heterocycles. The Balaban J connectivity index is 2.17. The van der Waals surface area contributed by atoms with Crippen molar-refractivity contribution < 1.29 is 0 Å². The minimum Gasteiger partial charge on any atom is -0.339 e. The molecule has 0 unspecified atom stereocenters. The highest BCUT2D eigenvalue weighted by Crippen LogP contribution is 2.29. The van der Waals surface area contributed by atoms with E-state index in [1.54, 1.807) is 16.8 Å². The Hall–Kier alpha value is -1.78. The molecular formula is C13H10Cl2N4. The summed E-state index contributed by atoms with van der Waals surface area (Å²) in [5.74, 6) is 0.758. The number of halogens is 2. The van der Waals surface area contributed by atoms with Gasteiger partial charge in [0.25, 0.3) is 0 Å². The summed E-state index contributed by atoms with van der Waals surface area (Å²) in [6.45, 7) is 1.88. The molecule has 4 nitrogen and oxygen atoms in total. The maximum Gasteiger partial charge on any atom is 0.159 e. The van der Waals surface area contributed by atoms with Gasteiger partial charge in [-0.2, -0.15) is 9.61 Å². The Morgan fingerprint density at radius 3 is 2.74 bits per heavy atom. The van der Waals surface area contributed by atoms with Crippen molar-refractivity contribution in [2.24, 2.45) is 0 Å². The van der Waals surface area contributed by atoms with Crippen LogP contribution in [-0.2, 0) is 0 Å². The van der Waals surface area contributed by atoms with E-state index >= 15 is 0 Å². The molecule has 0 aliphatic rings. The monoisotopic (exact) mass is 292 g/mol. The van der Waals surface area contributed by atoms with Gasteiger partial charge in [-0.05, 0) is 19.1 Å². The number of nitrogens with zero attached hydrogens (tertiary/aromatic N) is 3. The Bertz CT molecular complexity index is 751. The van der Waals surface area contributed by atoms with Gasteiger partial charge in [0.05, 0.1) is 16.9 Å². The van der Waals surface area contributed by atoms with Crippen LogP contribution in [0.15, 0.2) is 36.5 Å². The first-order chi connectivity index (χ1) is 9.16. The number of nitrogens with one attached hydrogen (secondary N) is 1. The van der Waals surface area contributed by atoms with E-state index in [9.17, 15) is 0 Å². The SMILES string of the molecule is Cc1c(Cl)nc2ccnn2c1Nc1ccccc1Cl. The lowest BCUT2D eigenvalue weighted by atomic mass is 10.3. The molecule has 0 atom stereocenters. The van der Waals surface area contributed by atoms with Crippen LogP contribution in [0.2, 0.25) is 10.2 Å². The maximum absolute atomic E-state index is 6.15. The van der Waals surface area contributed by atoms with Crippen LogP contribution >= 0.6 is 23.2 Å². The molecule has 0 radical (unpaired) electrons. The standard InChI is InChI=1S/C13H10Cl2N4/c1-8-12(15)18-11-6-7-16-19(11)13(8)17-10-5-3-2-4-9(10)14/h2-7,17H,1H3. The highest BCUT2D eigenvalue weighted by molar-refractivity contribution is 6.33. The lowest BCUT2D eigenvalue weighted by Gasteiger charge is -2.13. The van der Waals surface area contributed by atoms with Crippen LogP contribution in [0.1, 0.15) is 5.56 Å². The molecule has 3 rings (SSSR count). The molecule has 0 saturated carbocycles. The Morgan fingerprint density at radius 1 is 1.16 bits per heavy atom. The van der Waals surface area contributed by atoms with Crippen LogP contribution in [0.5, 0.6) is 0 Å². The van der Waals surface area contributed by atoms with Gasteiger partial charge in [-0.25, -0.2) is 4.98 Å². The summed E-state index contributed by atoms with van der Waals surface area (Å²) in [5.41, 5.74) is 2.30. The molecule has 0 fully saturated rings. The molecule has 3 aromatic rings. The molecule has 19 heavy (non-hydrogen) atoms. The fourth-order valence-electron chi connectivity index (χ4n) is 1.83. The quantitative estimate of drug-likeness (QED) is 0.724. The zero-order chi connectivity index (χ0) is 13.4. The zero-order valence-electron chi connectivity index (χ0n) is 10.1. The van der Waals surface area contributed by atoms with Crippen molar-refractivity contribution in [2.75, 3.05) is 5.32 Å². The van der Waals surface area contributed by atoms with Crippen molar-refractivity contribution >= 4 is 40.4 Å². The number of fused-ring (bicyclic) bond motifs is 1. The van der Waals surface area contributed by atoms with Gasteiger partial charge in [-0.3, -0.25) is 0 Å².